The van der Waals surface area contributed by atoms with E-state index in [1.165, 1.54) is 18.0 Å². The number of methoxy groups -OCH3 is 1. The van der Waals surface area contributed by atoms with Gasteiger partial charge >= 0.3 is 5.97 Å². The fourth-order valence-corrected chi connectivity index (χ4v) is 1.49. The molecule has 1 heterocycles. The number of aryl methyl sites for hydroxylation is 1. The summed E-state index contributed by atoms with van der Waals surface area (Å²) >= 11 is 3.17. The molecule has 0 unspecified atom stereocenters. The van der Waals surface area contributed by atoms with E-state index in [0.717, 1.165) is 0 Å². The average Bonchev–Trinajstić information content (AvgIpc) is 2.33. The van der Waals surface area contributed by atoms with Gasteiger partial charge in [0.2, 0.25) is 0 Å². The minimum Gasteiger partial charge on any atom is -0.466 e. The van der Waals surface area contributed by atoms with Gasteiger partial charge < -0.3 is 4.74 Å². The molecule has 0 aliphatic rings. The highest BCUT2D eigenvalue weighted by molar-refractivity contribution is 9.10. The summed E-state index contributed by atoms with van der Waals surface area (Å²) in [4.78, 5) is 27.0. The summed E-state index contributed by atoms with van der Waals surface area (Å²) < 4.78 is 6.39. The zero-order valence-corrected chi connectivity index (χ0v) is 11.4. The lowest BCUT2D eigenvalue weighted by Gasteiger charge is -2.04. The van der Waals surface area contributed by atoms with Crippen LogP contribution in [-0.2, 0) is 16.1 Å². The minimum absolute atomic E-state index is 0.175. The van der Waals surface area contributed by atoms with E-state index in [-0.39, 0.29) is 12.1 Å². The van der Waals surface area contributed by atoms with E-state index < -0.39 is 5.97 Å². The molecule has 0 atom stereocenters. The molecule has 1 aromatic heterocycles. The predicted molar refractivity (Wildman–Crippen MR) is 66.7 cm³/mol. The topological polar surface area (TPSA) is 61.2 Å². The molecule has 1 rings (SSSR count). The average molecular weight is 301 g/mol. The molecule has 0 saturated carbocycles. The van der Waals surface area contributed by atoms with Crippen LogP contribution in [0.3, 0.4) is 0 Å². The molecule has 5 nitrogen and oxygen atoms in total. The van der Waals surface area contributed by atoms with E-state index in [1.54, 1.807) is 19.9 Å². The van der Waals surface area contributed by atoms with Crippen molar-refractivity contribution in [1.29, 1.82) is 0 Å². The van der Waals surface area contributed by atoms with Crippen LogP contribution in [0.4, 0.5) is 0 Å². The van der Waals surface area contributed by atoms with Crippen molar-refractivity contribution >= 4 is 21.9 Å². The van der Waals surface area contributed by atoms with E-state index in [4.69, 9.17) is 0 Å². The van der Waals surface area contributed by atoms with E-state index in [0.29, 0.717) is 15.7 Å². The molecular formula is C11H13BrN2O3. The molecule has 17 heavy (non-hydrogen) atoms. The van der Waals surface area contributed by atoms with E-state index in [1.807, 2.05) is 0 Å². The molecule has 0 N–H and O–H groups in total. The molecular weight excluding hydrogens is 288 g/mol. The highest BCUT2D eigenvalue weighted by Crippen LogP contribution is 2.06. The van der Waals surface area contributed by atoms with Crippen LogP contribution in [0.2, 0.25) is 0 Å². The van der Waals surface area contributed by atoms with Gasteiger partial charge in [0.15, 0.2) is 0 Å². The highest BCUT2D eigenvalue weighted by atomic mass is 79.9. The number of halogens is 1. The molecule has 0 amide bonds. The van der Waals surface area contributed by atoms with Crippen molar-refractivity contribution in [3.05, 3.63) is 38.5 Å². The summed E-state index contributed by atoms with van der Waals surface area (Å²) in [5, 5.41) is 0. The monoisotopic (exact) mass is 300 g/mol. The van der Waals surface area contributed by atoms with Crippen LogP contribution in [0, 0.1) is 6.92 Å². The third-order valence-electron chi connectivity index (χ3n) is 2.26. The fraction of sp³-hybridized carbons (Fsp3) is 0.364. The summed E-state index contributed by atoms with van der Waals surface area (Å²) in [7, 11) is 1.32. The standard InChI is InChI=1S/C11H13BrN2O3/c1-7(11(16)17-3)4-5-14-6-13-8(2)9(12)10(14)15/h4,6H,5H2,1-3H3. The molecule has 1 aromatic rings. The Morgan fingerprint density at radius 2 is 2.29 bits per heavy atom. The molecule has 0 aliphatic carbocycles. The second-order valence-corrected chi connectivity index (χ2v) is 4.27. The van der Waals surface area contributed by atoms with Gasteiger partial charge in [0.1, 0.15) is 4.47 Å². The van der Waals surface area contributed by atoms with Crippen LogP contribution in [0.5, 0.6) is 0 Å². The fourth-order valence-electron chi connectivity index (χ4n) is 1.16. The molecule has 0 bridgehead atoms. The number of hydrogen-bond acceptors (Lipinski definition) is 4. The first-order valence-electron chi connectivity index (χ1n) is 4.94. The SMILES string of the molecule is COC(=O)C(C)=CCn1cnc(C)c(Br)c1=O. The molecule has 0 aliphatic heterocycles. The number of hydrogen-bond donors (Lipinski definition) is 0. The van der Waals surface area contributed by atoms with Gasteiger partial charge in [-0.3, -0.25) is 9.36 Å². The number of aromatic nitrogens is 2. The maximum atomic E-state index is 11.8. The lowest BCUT2D eigenvalue weighted by atomic mass is 10.3. The smallest absolute Gasteiger partial charge is 0.333 e. The van der Waals surface area contributed by atoms with E-state index >= 15 is 0 Å². The van der Waals surface area contributed by atoms with Gasteiger partial charge in [0.25, 0.3) is 5.56 Å². The Morgan fingerprint density at radius 1 is 1.65 bits per heavy atom. The first kappa shape index (κ1) is 13.6. The largest absolute Gasteiger partial charge is 0.466 e. The molecule has 0 aromatic carbocycles. The molecule has 0 saturated heterocycles. The van der Waals surface area contributed by atoms with Gasteiger partial charge in [-0.1, -0.05) is 6.08 Å². The van der Waals surface area contributed by atoms with Crippen LogP contribution in [0.1, 0.15) is 12.6 Å². The summed E-state index contributed by atoms with van der Waals surface area (Å²) in [6.45, 7) is 3.66. The van der Waals surface area contributed by atoms with Crippen molar-refractivity contribution in [3.8, 4) is 0 Å². The van der Waals surface area contributed by atoms with E-state index in [2.05, 4.69) is 25.7 Å². The Bertz CT molecular complexity index is 520. The van der Waals surface area contributed by atoms with Gasteiger partial charge in [-0.05, 0) is 29.8 Å². The van der Waals surface area contributed by atoms with Crippen LogP contribution >= 0.6 is 15.9 Å². The maximum Gasteiger partial charge on any atom is 0.333 e. The minimum atomic E-state index is -0.405. The number of allylic oxidation sites excluding steroid dienone is 1. The normalized spacial score (nSPS) is 11.4. The van der Waals surface area contributed by atoms with Gasteiger partial charge in [-0.2, -0.15) is 0 Å². The highest BCUT2D eigenvalue weighted by Gasteiger charge is 2.06. The quantitative estimate of drug-likeness (QED) is 0.626. The number of carbonyl (C=O) groups is 1. The molecule has 0 fully saturated rings. The Balaban J connectivity index is 2.95. The van der Waals surface area contributed by atoms with Crippen molar-refractivity contribution in [2.45, 2.75) is 20.4 Å². The van der Waals surface area contributed by atoms with Crippen molar-refractivity contribution in [1.82, 2.24) is 9.55 Å². The van der Waals surface area contributed by atoms with Crippen molar-refractivity contribution < 1.29 is 9.53 Å². The van der Waals surface area contributed by atoms with Gasteiger partial charge in [-0.25, -0.2) is 9.78 Å². The number of rotatable bonds is 3. The summed E-state index contributed by atoms with van der Waals surface area (Å²) in [5.41, 5.74) is 0.919. The number of ether oxygens (including phenoxy) is 1. The van der Waals surface area contributed by atoms with Crippen molar-refractivity contribution in [3.63, 3.8) is 0 Å². The zero-order chi connectivity index (χ0) is 13.0. The van der Waals surface area contributed by atoms with Crippen LogP contribution in [-0.4, -0.2) is 22.6 Å². The molecule has 6 heteroatoms. The molecule has 0 radical (unpaired) electrons. The van der Waals surface area contributed by atoms with Crippen molar-refractivity contribution in [2.24, 2.45) is 0 Å². The first-order valence-corrected chi connectivity index (χ1v) is 5.73. The summed E-state index contributed by atoms with van der Waals surface area (Å²) in [6, 6.07) is 0. The summed E-state index contributed by atoms with van der Waals surface area (Å²) in [5.74, 6) is -0.405. The number of esters is 1. The van der Waals surface area contributed by atoms with E-state index in [9.17, 15) is 9.59 Å². The Morgan fingerprint density at radius 3 is 2.88 bits per heavy atom. The van der Waals surface area contributed by atoms with Gasteiger partial charge in [0.05, 0.1) is 19.1 Å². The van der Waals surface area contributed by atoms with Crippen LogP contribution in [0.25, 0.3) is 0 Å². The lowest BCUT2D eigenvalue weighted by molar-refractivity contribution is -0.136. The second-order valence-electron chi connectivity index (χ2n) is 3.48. The van der Waals surface area contributed by atoms with Crippen LogP contribution < -0.4 is 5.56 Å². The molecule has 0 spiro atoms. The predicted octanol–water partition coefficient (Wildman–Crippen LogP) is 1.43. The maximum absolute atomic E-state index is 11.8. The second kappa shape index (κ2) is 5.77. The zero-order valence-electron chi connectivity index (χ0n) is 9.86. The summed E-state index contributed by atoms with van der Waals surface area (Å²) in [6.07, 6.45) is 3.07. The first-order chi connectivity index (χ1) is 7.97. The number of nitrogens with zero attached hydrogens (tertiary/aromatic N) is 2. The Kier molecular flexibility index (Phi) is 4.62. The Hall–Kier alpha value is -1.43. The van der Waals surface area contributed by atoms with Crippen LogP contribution in [0.15, 0.2) is 27.2 Å². The number of carbonyl (C=O) groups excluding carboxylic acids is 1. The molecule has 92 valence electrons. The van der Waals surface area contributed by atoms with Crippen molar-refractivity contribution in [2.75, 3.05) is 7.11 Å². The third kappa shape index (κ3) is 3.26. The third-order valence-corrected chi connectivity index (χ3v) is 3.17. The van der Waals surface area contributed by atoms with Gasteiger partial charge in [0, 0.05) is 12.1 Å². The Labute approximate surface area is 107 Å². The van der Waals surface area contributed by atoms with Gasteiger partial charge in [-0.15, -0.1) is 0 Å². The lowest BCUT2D eigenvalue weighted by Crippen LogP contribution is -2.21.